The highest BCUT2D eigenvalue weighted by Crippen LogP contribution is 2.02. The van der Waals surface area contributed by atoms with Crippen molar-refractivity contribution < 1.29 is 9.59 Å². The first kappa shape index (κ1) is 9.64. The third-order valence-electron chi connectivity index (χ3n) is 2.26. The maximum atomic E-state index is 11.2. The molecule has 1 aromatic heterocycles. The van der Waals surface area contributed by atoms with E-state index in [1.165, 1.54) is 4.90 Å². The molecule has 1 fully saturated rings. The monoisotopic (exact) mass is 205 g/mol. The van der Waals surface area contributed by atoms with E-state index in [4.69, 9.17) is 0 Å². The SMILES string of the molecule is O=C1CN(CCc2cccnc2)C(=O)N1. The Kier molecular flexibility index (Phi) is 2.62. The van der Waals surface area contributed by atoms with Gasteiger partial charge in [-0.3, -0.25) is 15.1 Å². The fourth-order valence-corrected chi connectivity index (χ4v) is 1.47. The second-order valence-corrected chi connectivity index (χ2v) is 3.39. The van der Waals surface area contributed by atoms with Crippen molar-refractivity contribution in [3.05, 3.63) is 30.1 Å². The summed E-state index contributed by atoms with van der Waals surface area (Å²) in [5.41, 5.74) is 1.06. The van der Waals surface area contributed by atoms with Crippen LogP contribution in [-0.2, 0) is 11.2 Å². The molecule has 5 nitrogen and oxygen atoms in total. The van der Waals surface area contributed by atoms with E-state index in [1.54, 1.807) is 12.4 Å². The summed E-state index contributed by atoms with van der Waals surface area (Å²) in [4.78, 5) is 27.5. The van der Waals surface area contributed by atoms with E-state index in [1.807, 2.05) is 12.1 Å². The van der Waals surface area contributed by atoms with E-state index in [9.17, 15) is 9.59 Å². The zero-order valence-corrected chi connectivity index (χ0v) is 8.14. The molecule has 1 aliphatic heterocycles. The van der Waals surface area contributed by atoms with Crippen molar-refractivity contribution in [3.8, 4) is 0 Å². The van der Waals surface area contributed by atoms with Crippen molar-refractivity contribution >= 4 is 11.9 Å². The number of nitrogens with one attached hydrogen (secondary N) is 1. The number of amides is 3. The van der Waals surface area contributed by atoms with Crippen molar-refractivity contribution in [1.82, 2.24) is 15.2 Å². The Hall–Kier alpha value is -1.91. The van der Waals surface area contributed by atoms with E-state index >= 15 is 0 Å². The Morgan fingerprint density at radius 3 is 2.93 bits per heavy atom. The number of imide groups is 1. The molecular weight excluding hydrogens is 194 g/mol. The van der Waals surface area contributed by atoms with Gasteiger partial charge >= 0.3 is 6.03 Å². The van der Waals surface area contributed by atoms with Crippen molar-refractivity contribution in [2.45, 2.75) is 6.42 Å². The molecule has 15 heavy (non-hydrogen) atoms. The molecule has 0 radical (unpaired) electrons. The van der Waals surface area contributed by atoms with E-state index in [2.05, 4.69) is 10.3 Å². The van der Waals surface area contributed by atoms with Crippen LogP contribution in [0.15, 0.2) is 24.5 Å². The molecule has 0 aromatic carbocycles. The minimum absolute atomic E-state index is 0.166. The summed E-state index contributed by atoms with van der Waals surface area (Å²) >= 11 is 0. The first-order valence-electron chi connectivity index (χ1n) is 4.73. The maximum absolute atomic E-state index is 11.2. The molecule has 1 aromatic rings. The van der Waals surface area contributed by atoms with Crippen LogP contribution < -0.4 is 5.32 Å². The minimum atomic E-state index is -0.302. The van der Waals surface area contributed by atoms with Crippen molar-refractivity contribution in [2.75, 3.05) is 13.1 Å². The summed E-state index contributed by atoms with van der Waals surface area (Å²) in [6, 6.07) is 3.50. The molecule has 1 N–H and O–H groups in total. The van der Waals surface area contributed by atoms with Gasteiger partial charge in [0, 0.05) is 18.9 Å². The maximum Gasteiger partial charge on any atom is 0.324 e. The Bertz CT molecular complexity index is 378. The Labute approximate surface area is 87.1 Å². The van der Waals surface area contributed by atoms with Gasteiger partial charge in [-0.2, -0.15) is 0 Å². The quantitative estimate of drug-likeness (QED) is 0.716. The third kappa shape index (κ3) is 2.31. The van der Waals surface area contributed by atoms with Gasteiger partial charge in [0.2, 0.25) is 5.91 Å². The lowest BCUT2D eigenvalue weighted by atomic mass is 10.2. The topological polar surface area (TPSA) is 62.3 Å². The highest BCUT2D eigenvalue weighted by molar-refractivity contribution is 6.01. The molecule has 0 atom stereocenters. The molecule has 3 amide bonds. The Morgan fingerprint density at radius 2 is 2.33 bits per heavy atom. The highest BCUT2D eigenvalue weighted by atomic mass is 16.2. The average Bonchev–Trinajstić information content (AvgIpc) is 2.56. The number of pyridine rings is 1. The van der Waals surface area contributed by atoms with Crippen LogP contribution in [0.4, 0.5) is 4.79 Å². The van der Waals surface area contributed by atoms with E-state index in [0.717, 1.165) is 5.56 Å². The summed E-state index contributed by atoms with van der Waals surface area (Å²) in [6.07, 6.45) is 4.18. The fraction of sp³-hybridized carbons (Fsp3) is 0.300. The van der Waals surface area contributed by atoms with Crippen LogP contribution in [0.1, 0.15) is 5.56 Å². The van der Waals surface area contributed by atoms with Crippen LogP contribution in [0.2, 0.25) is 0 Å². The zero-order chi connectivity index (χ0) is 10.7. The van der Waals surface area contributed by atoms with Gasteiger partial charge in [0.15, 0.2) is 0 Å². The van der Waals surface area contributed by atoms with Gasteiger partial charge in [0.25, 0.3) is 0 Å². The van der Waals surface area contributed by atoms with E-state index in [-0.39, 0.29) is 18.5 Å². The van der Waals surface area contributed by atoms with E-state index < -0.39 is 0 Å². The Morgan fingerprint density at radius 1 is 1.47 bits per heavy atom. The molecule has 1 saturated heterocycles. The van der Waals surface area contributed by atoms with Gasteiger partial charge in [-0.25, -0.2) is 4.79 Å². The van der Waals surface area contributed by atoms with Crippen LogP contribution >= 0.6 is 0 Å². The van der Waals surface area contributed by atoms with Crippen LogP contribution in [0.25, 0.3) is 0 Å². The molecule has 0 unspecified atom stereocenters. The zero-order valence-electron chi connectivity index (χ0n) is 8.14. The molecule has 2 rings (SSSR count). The van der Waals surface area contributed by atoms with Crippen molar-refractivity contribution in [1.29, 1.82) is 0 Å². The average molecular weight is 205 g/mol. The standard InChI is InChI=1S/C10H11N3O2/c14-9-7-13(10(15)12-9)5-3-8-2-1-4-11-6-8/h1-2,4,6H,3,5,7H2,(H,12,14,15). The summed E-state index contributed by atoms with van der Waals surface area (Å²) in [5, 5.41) is 2.24. The number of hydrogen-bond acceptors (Lipinski definition) is 3. The van der Waals surface area contributed by atoms with Crippen LogP contribution in [0.3, 0.4) is 0 Å². The predicted molar refractivity (Wildman–Crippen MR) is 53.1 cm³/mol. The van der Waals surface area contributed by atoms with Crippen LogP contribution in [0.5, 0.6) is 0 Å². The molecule has 78 valence electrons. The van der Waals surface area contributed by atoms with Gasteiger partial charge in [-0.1, -0.05) is 6.07 Å². The first-order chi connectivity index (χ1) is 7.25. The number of carbonyl (C=O) groups excluding carboxylic acids is 2. The number of carbonyl (C=O) groups is 2. The largest absolute Gasteiger partial charge is 0.324 e. The van der Waals surface area contributed by atoms with Crippen LogP contribution in [0, 0.1) is 0 Å². The number of urea groups is 1. The number of nitrogens with zero attached hydrogens (tertiary/aromatic N) is 2. The summed E-state index contributed by atoms with van der Waals surface area (Å²) < 4.78 is 0. The summed E-state index contributed by atoms with van der Waals surface area (Å²) in [5.74, 6) is -0.230. The second kappa shape index (κ2) is 4.08. The molecular formula is C10H11N3O2. The molecule has 0 bridgehead atoms. The van der Waals surface area contributed by atoms with Crippen LogP contribution in [-0.4, -0.2) is 34.9 Å². The van der Waals surface area contributed by atoms with Gasteiger partial charge in [0.1, 0.15) is 6.54 Å². The summed E-state index contributed by atoms with van der Waals surface area (Å²) in [6.45, 7) is 0.711. The molecule has 2 heterocycles. The van der Waals surface area contributed by atoms with Gasteiger partial charge in [-0.15, -0.1) is 0 Å². The van der Waals surface area contributed by atoms with E-state index in [0.29, 0.717) is 13.0 Å². The smallest absolute Gasteiger partial charge is 0.315 e. The van der Waals surface area contributed by atoms with Crippen molar-refractivity contribution in [3.63, 3.8) is 0 Å². The fourth-order valence-electron chi connectivity index (χ4n) is 1.47. The minimum Gasteiger partial charge on any atom is -0.315 e. The van der Waals surface area contributed by atoms with Gasteiger partial charge in [-0.05, 0) is 18.1 Å². The first-order valence-corrected chi connectivity index (χ1v) is 4.73. The highest BCUT2D eigenvalue weighted by Gasteiger charge is 2.25. The van der Waals surface area contributed by atoms with Gasteiger partial charge in [0.05, 0.1) is 0 Å². The lowest BCUT2D eigenvalue weighted by Gasteiger charge is -2.12. The normalized spacial score (nSPS) is 15.6. The van der Waals surface area contributed by atoms with Crippen molar-refractivity contribution in [2.24, 2.45) is 0 Å². The second-order valence-electron chi connectivity index (χ2n) is 3.39. The lowest BCUT2D eigenvalue weighted by molar-refractivity contribution is -0.118. The summed E-state index contributed by atoms with van der Waals surface area (Å²) in [7, 11) is 0. The van der Waals surface area contributed by atoms with Gasteiger partial charge < -0.3 is 4.90 Å². The number of rotatable bonds is 3. The number of hydrogen-bond donors (Lipinski definition) is 1. The molecule has 1 aliphatic rings. The third-order valence-corrected chi connectivity index (χ3v) is 2.26. The molecule has 0 spiro atoms. The predicted octanol–water partition coefficient (Wildman–Crippen LogP) is 0.176. The molecule has 0 aliphatic carbocycles. The number of aromatic nitrogens is 1. The lowest BCUT2D eigenvalue weighted by Crippen LogP contribution is -2.30. The Balaban J connectivity index is 1.89. The molecule has 0 saturated carbocycles. The molecule has 5 heteroatoms.